The largest absolute Gasteiger partial charge is 0.325 e. The van der Waals surface area contributed by atoms with Crippen LogP contribution in [0.2, 0.25) is 0 Å². The molecule has 0 aliphatic rings. The molecule has 0 saturated carbocycles. The van der Waals surface area contributed by atoms with E-state index in [4.69, 9.17) is 0 Å². The number of anilines is 1. The van der Waals surface area contributed by atoms with Gasteiger partial charge < -0.3 is 5.32 Å². The molecule has 0 saturated heterocycles. The maximum atomic E-state index is 12.6. The smallest absolute Gasteiger partial charge is 0.234 e. The molecule has 0 radical (unpaired) electrons. The van der Waals surface area contributed by atoms with Crippen molar-refractivity contribution in [2.45, 2.75) is 39.1 Å². The number of benzene rings is 2. The Labute approximate surface area is 186 Å². The highest BCUT2D eigenvalue weighted by Crippen LogP contribution is 2.27. The van der Waals surface area contributed by atoms with E-state index < -0.39 is 0 Å². The third-order valence-corrected chi connectivity index (χ3v) is 6.29. The molecule has 6 heteroatoms. The number of fused-ring (bicyclic) bond motifs is 1. The van der Waals surface area contributed by atoms with Crippen molar-refractivity contribution in [1.29, 1.82) is 0 Å². The van der Waals surface area contributed by atoms with Crippen LogP contribution in [0.15, 0.2) is 59.9 Å². The monoisotopic (exact) mass is 430 g/mol. The summed E-state index contributed by atoms with van der Waals surface area (Å²) >= 11 is 1.42. The van der Waals surface area contributed by atoms with E-state index in [0.717, 1.165) is 45.0 Å². The topological polar surface area (TPSA) is 59.3 Å². The third-order valence-electron chi connectivity index (χ3n) is 5.29. The van der Waals surface area contributed by atoms with Crippen LogP contribution in [0, 0.1) is 20.8 Å². The summed E-state index contributed by atoms with van der Waals surface area (Å²) < 4.78 is 1.82. The molecule has 2 aromatic heterocycles. The van der Waals surface area contributed by atoms with E-state index in [0.29, 0.717) is 0 Å². The lowest BCUT2D eigenvalue weighted by Crippen LogP contribution is -2.16. The minimum Gasteiger partial charge on any atom is -0.325 e. The third kappa shape index (κ3) is 4.64. The van der Waals surface area contributed by atoms with Crippen LogP contribution < -0.4 is 5.32 Å². The molecule has 2 aromatic carbocycles. The Morgan fingerprint density at radius 3 is 2.45 bits per heavy atom. The predicted molar refractivity (Wildman–Crippen MR) is 128 cm³/mol. The number of carbonyl (C=O) groups excluding carboxylic acids is 1. The van der Waals surface area contributed by atoms with Gasteiger partial charge in [-0.1, -0.05) is 60.6 Å². The van der Waals surface area contributed by atoms with E-state index in [9.17, 15) is 4.79 Å². The van der Waals surface area contributed by atoms with Crippen LogP contribution in [0.25, 0.3) is 16.8 Å². The summed E-state index contributed by atoms with van der Waals surface area (Å²) in [4.78, 5) is 17.1. The Balaban J connectivity index is 1.51. The summed E-state index contributed by atoms with van der Waals surface area (Å²) in [6, 6.07) is 14.7. The van der Waals surface area contributed by atoms with Gasteiger partial charge in [-0.3, -0.25) is 4.79 Å². The molecule has 0 bridgehead atoms. The molecule has 0 aliphatic carbocycles. The Bertz CT molecular complexity index is 1220. The molecule has 4 aromatic rings. The summed E-state index contributed by atoms with van der Waals surface area (Å²) in [6.07, 6.45) is 4.57. The van der Waals surface area contributed by atoms with Crippen LogP contribution in [-0.2, 0) is 11.2 Å². The first-order valence-electron chi connectivity index (χ1n) is 10.4. The minimum atomic E-state index is -0.0428. The van der Waals surface area contributed by atoms with Crippen LogP contribution in [-0.4, -0.2) is 26.3 Å². The summed E-state index contributed by atoms with van der Waals surface area (Å²) in [5.74, 6) is 0.240. The molecule has 0 spiro atoms. The number of hydrogen-bond acceptors (Lipinski definition) is 4. The van der Waals surface area contributed by atoms with Gasteiger partial charge >= 0.3 is 0 Å². The lowest BCUT2D eigenvalue weighted by molar-refractivity contribution is -0.113. The van der Waals surface area contributed by atoms with Crippen LogP contribution in [0.3, 0.4) is 0 Å². The van der Waals surface area contributed by atoms with Gasteiger partial charge in [0.2, 0.25) is 5.91 Å². The van der Waals surface area contributed by atoms with Crippen LogP contribution in [0.4, 0.5) is 5.69 Å². The highest BCUT2D eigenvalue weighted by Gasteiger charge is 2.13. The fourth-order valence-corrected chi connectivity index (χ4v) is 4.52. The maximum Gasteiger partial charge on any atom is 0.234 e. The number of carbonyl (C=O) groups is 1. The Morgan fingerprint density at radius 1 is 1.06 bits per heavy atom. The number of hydrogen-bond donors (Lipinski definition) is 1. The molecule has 31 heavy (non-hydrogen) atoms. The number of thioether (sulfide) groups is 1. The highest BCUT2D eigenvalue weighted by atomic mass is 32.2. The fraction of sp³-hybridized carbons (Fsp3) is 0.240. The minimum absolute atomic E-state index is 0.0428. The van der Waals surface area contributed by atoms with E-state index in [1.165, 1.54) is 22.9 Å². The lowest BCUT2D eigenvalue weighted by atomic mass is 10.1. The van der Waals surface area contributed by atoms with E-state index in [1.54, 1.807) is 6.20 Å². The van der Waals surface area contributed by atoms with Gasteiger partial charge in [0.15, 0.2) is 0 Å². The van der Waals surface area contributed by atoms with Crippen molar-refractivity contribution in [2.24, 2.45) is 0 Å². The molecule has 4 rings (SSSR count). The SMILES string of the molecule is CCc1ccc(-c2cc3c(SCC(=O)Nc4c(C)cc(C)cc4C)nccn3n2)cc1. The highest BCUT2D eigenvalue weighted by molar-refractivity contribution is 8.00. The molecular weight excluding hydrogens is 404 g/mol. The van der Waals surface area contributed by atoms with Gasteiger partial charge in [0.1, 0.15) is 5.03 Å². The molecular formula is C25H26N4OS. The lowest BCUT2D eigenvalue weighted by Gasteiger charge is -2.12. The van der Waals surface area contributed by atoms with E-state index in [-0.39, 0.29) is 11.7 Å². The molecule has 5 nitrogen and oxygen atoms in total. The van der Waals surface area contributed by atoms with Crippen molar-refractivity contribution in [3.8, 4) is 11.3 Å². The molecule has 1 N–H and O–H groups in total. The first kappa shape index (κ1) is 21.1. The number of nitrogens with one attached hydrogen (secondary N) is 1. The zero-order chi connectivity index (χ0) is 22.0. The molecule has 0 fully saturated rings. The normalized spacial score (nSPS) is 11.1. The summed E-state index contributed by atoms with van der Waals surface area (Å²) in [7, 11) is 0. The van der Waals surface area contributed by atoms with Crippen LogP contribution >= 0.6 is 11.8 Å². The van der Waals surface area contributed by atoms with E-state index in [2.05, 4.69) is 65.6 Å². The standard InChI is InChI=1S/C25H26N4OS/c1-5-19-6-8-20(9-7-19)21-14-22-25(26-10-11-29(22)28-21)31-15-23(30)27-24-17(3)12-16(2)13-18(24)4/h6-14H,5,15H2,1-4H3,(H,27,30). The van der Waals surface area contributed by atoms with Gasteiger partial charge in [-0.2, -0.15) is 5.10 Å². The maximum absolute atomic E-state index is 12.6. The molecule has 1 amide bonds. The van der Waals surface area contributed by atoms with Gasteiger partial charge in [-0.25, -0.2) is 9.50 Å². The molecule has 0 aliphatic heterocycles. The summed E-state index contributed by atoms with van der Waals surface area (Å²) in [6.45, 7) is 8.25. The fourth-order valence-electron chi connectivity index (χ4n) is 3.75. The summed E-state index contributed by atoms with van der Waals surface area (Å²) in [5, 5.41) is 8.53. The summed E-state index contributed by atoms with van der Waals surface area (Å²) in [5.41, 5.74) is 8.40. The Hall–Kier alpha value is -3.12. The van der Waals surface area contributed by atoms with Gasteiger partial charge in [0.25, 0.3) is 0 Å². The van der Waals surface area contributed by atoms with Crippen LogP contribution in [0.5, 0.6) is 0 Å². The molecule has 0 unspecified atom stereocenters. The van der Waals surface area contributed by atoms with Crippen molar-refractivity contribution < 1.29 is 4.79 Å². The van der Waals surface area contributed by atoms with Gasteiger partial charge in [0, 0.05) is 23.6 Å². The zero-order valence-corrected chi connectivity index (χ0v) is 19.1. The number of amides is 1. The average molecular weight is 431 g/mol. The molecule has 158 valence electrons. The van der Waals surface area contributed by atoms with Crippen molar-refractivity contribution in [3.05, 3.63) is 77.1 Å². The number of aryl methyl sites for hydroxylation is 4. The average Bonchev–Trinajstić information content (AvgIpc) is 3.20. The number of rotatable bonds is 6. The quantitative estimate of drug-likeness (QED) is 0.404. The van der Waals surface area contributed by atoms with E-state index >= 15 is 0 Å². The Morgan fingerprint density at radius 2 is 1.77 bits per heavy atom. The second-order valence-electron chi connectivity index (χ2n) is 7.75. The van der Waals surface area contributed by atoms with Crippen molar-refractivity contribution >= 4 is 28.9 Å². The Kier molecular flexibility index (Phi) is 6.09. The van der Waals surface area contributed by atoms with Crippen molar-refractivity contribution in [2.75, 3.05) is 11.1 Å². The van der Waals surface area contributed by atoms with E-state index in [1.807, 2.05) is 30.6 Å². The van der Waals surface area contributed by atoms with Gasteiger partial charge in [0.05, 0.1) is 17.0 Å². The van der Waals surface area contributed by atoms with Crippen LogP contribution in [0.1, 0.15) is 29.2 Å². The predicted octanol–water partition coefficient (Wildman–Crippen LogP) is 5.61. The van der Waals surface area contributed by atoms with Gasteiger partial charge in [-0.15, -0.1) is 0 Å². The van der Waals surface area contributed by atoms with Crippen molar-refractivity contribution in [1.82, 2.24) is 14.6 Å². The molecule has 2 heterocycles. The molecule has 0 atom stereocenters. The zero-order valence-electron chi connectivity index (χ0n) is 18.3. The second-order valence-corrected chi connectivity index (χ2v) is 8.72. The first-order valence-corrected chi connectivity index (χ1v) is 11.4. The number of nitrogens with zero attached hydrogens (tertiary/aromatic N) is 3. The first-order chi connectivity index (χ1) is 14.9. The second kappa shape index (κ2) is 8.94. The van der Waals surface area contributed by atoms with Crippen molar-refractivity contribution in [3.63, 3.8) is 0 Å². The number of aromatic nitrogens is 3. The van der Waals surface area contributed by atoms with Gasteiger partial charge in [-0.05, 0) is 49.9 Å².